The monoisotopic (exact) mass is 589 g/mol. The van der Waals surface area contributed by atoms with Gasteiger partial charge in [-0.3, -0.25) is 15.0 Å². The van der Waals surface area contributed by atoms with Gasteiger partial charge in [0.15, 0.2) is 0 Å². The lowest BCUT2D eigenvalue weighted by molar-refractivity contribution is -0.384. The standard InChI is InChI=1S/C27H26BrCl2N3O3/c28-23-6-2-1-5-20(23)9-10-21-19-22(33(34)35)11-12-26(21)36-18-4-13-31-14-16-32(17-15-31)25-8-3-7-24(29)27(25)30/h1-3,5-12,19H,4,13-18H2. The van der Waals surface area contributed by atoms with E-state index in [1.165, 1.54) is 6.07 Å². The molecule has 0 aromatic heterocycles. The molecule has 1 aliphatic heterocycles. The number of rotatable bonds is 9. The van der Waals surface area contributed by atoms with Gasteiger partial charge >= 0.3 is 0 Å². The van der Waals surface area contributed by atoms with Crippen LogP contribution in [-0.2, 0) is 0 Å². The molecule has 0 saturated carbocycles. The van der Waals surface area contributed by atoms with Gasteiger partial charge in [0.2, 0.25) is 0 Å². The van der Waals surface area contributed by atoms with Crippen molar-refractivity contribution in [2.75, 3.05) is 44.2 Å². The first kappa shape index (κ1) is 26.5. The molecule has 36 heavy (non-hydrogen) atoms. The van der Waals surface area contributed by atoms with Crippen molar-refractivity contribution in [3.63, 3.8) is 0 Å². The highest BCUT2D eigenvalue weighted by Crippen LogP contribution is 2.33. The number of nitro groups is 1. The summed E-state index contributed by atoms with van der Waals surface area (Å²) in [6.07, 6.45) is 4.62. The zero-order valence-corrected chi connectivity index (χ0v) is 22.7. The molecule has 0 radical (unpaired) electrons. The maximum Gasteiger partial charge on any atom is 0.270 e. The number of non-ortho nitro benzene ring substituents is 1. The van der Waals surface area contributed by atoms with Crippen LogP contribution in [0, 0.1) is 10.1 Å². The minimum atomic E-state index is -0.393. The van der Waals surface area contributed by atoms with E-state index in [4.69, 9.17) is 27.9 Å². The van der Waals surface area contributed by atoms with Gasteiger partial charge in [-0.2, -0.15) is 0 Å². The van der Waals surface area contributed by atoms with E-state index in [1.54, 1.807) is 18.2 Å². The van der Waals surface area contributed by atoms with Crippen LogP contribution in [0.2, 0.25) is 10.0 Å². The highest BCUT2D eigenvalue weighted by atomic mass is 79.9. The van der Waals surface area contributed by atoms with Gasteiger partial charge in [-0.1, -0.05) is 75.5 Å². The maximum atomic E-state index is 11.3. The molecule has 1 saturated heterocycles. The fourth-order valence-electron chi connectivity index (χ4n) is 4.12. The third kappa shape index (κ3) is 6.79. The molecule has 0 atom stereocenters. The summed E-state index contributed by atoms with van der Waals surface area (Å²) in [6.45, 7) is 5.06. The van der Waals surface area contributed by atoms with Gasteiger partial charge in [-0.25, -0.2) is 0 Å². The quantitative estimate of drug-likeness (QED) is 0.112. The molecule has 0 unspecified atom stereocenters. The second-order valence-electron chi connectivity index (χ2n) is 8.44. The molecule has 9 heteroatoms. The number of nitrogens with zero attached hydrogens (tertiary/aromatic N) is 3. The van der Waals surface area contributed by atoms with Crippen LogP contribution in [0.3, 0.4) is 0 Å². The molecule has 0 N–H and O–H groups in total. The summed E-state index contributed by atoms with van der Waals surface area (Å²) in [5, 5.41) is 12.5. The fourth-order valence-corrected chi connectivity index (χ4v) is 4.95. The van der Waals surface area contributed by atoms with E-state index >= 15 is 0 Å². The molecule has 4 rings (SSSR count). The smallest absolute Gasteiger partial charge is 0.270 e. The number of halogens is 3. The molecule has 3 aromatic carbocycles. The van der Waals surface area contributed by atoms with Gasteiger partial charge in [0.05, 0.1) is 27.3 Å². The lowest BCUT2D eigenvalue weighted by Gasteiger charge is -2.36. The first-order valence-corrected chi connectivity index (χ1v) is 13.2. The second-order valence-corrected chi connectivity index (χ2v) is 10.1. The van der Waals surface area contributed by atoms with E-state index in [2.05, 4.69) is 25.7 Å². The van der Waals surface area contributed by atoms with Gasteiger partial charge in [0, 0.05) is 54.9 Å². The van der Waals surface area contributed by atoms with Crippen molar-refractivity contribution in [1.29, 1.82) is 0 Å². The number of nitro benzene ring substituents is 1. The summed E-state index contributed by atoms with van der Waals surface area (Å²) in [5.74, 6) is 0.629. The third-order valence-electron chi connectivity index (χ3n) is 6.07. The molecule has 0 amide bonds. The van der Waals surface area contributed by atoms with E-state index < -0.39 is 4.92 Å². The Morgan fingerprint density at radius 3 is 2.47 bits per heavy atom. The average molecular weight is 591 g/mol. The summed E-state index contributed by atoms with van der Waals surface area (Å²) >= 11 is 16.1. The van der Waals surface area contributed by atoms with Crippen molar-refractivity contribution in [3.05, 3.63) is 96.4 Å². The molecule has 0 bridgehead atoms. The predicted octanol–water partition coefficient (Wildman–Crippen LogP) is 7.43. The van der Waals surface area contributed by atoms with Crippen molar-refractivity contribution in [3.8, 4) is 5.75 Å². The van der Waals surface area contributed by atoms with E-state index in [0.29, 0.717) is 28.0 Å². The van der Waals surface area contributed by atoms with Gasteiger partial charge in [-0.05, 0) is 36.2 Å². The summed E-state index contributed by atoms with van der Waals surface area (Å²) in [6, 6.07) is 18.2. The maximum absolute atomic E-state index is 11.3. The minimum Gasteiger partial charge on any atom is -0.493 e. The largest absolute Gasteiger partial charge is 0.493 e. The Hall–Kier alpha value is -2.58. The minimum absolute atomic E-state index is 0.0341. The molecule has 1 aliphatic rings. The van der Waals surface area contributed by atoms with Gasteiger partial charge in [0.1, 0.15) is 5.75 Å². The summed E-state index contributed by atoms with van der Waals surface area (Å²) in [4.78, 5) is 15.6. The number of ether oxygens (including phenoxy) is 1. The predicted molar refractivity (Wildman–Crippen MR) is 151 cm³/mol. The molecule has 0 aliphatic carbocycles. The molecule has 188 valence electrons. The first-order valence-electron chi connectivity index (χ1n) is 11.7. The Bertz CT molecular complexity index is 1250. The second kappa shape index (κ2) is 12.6. The molecular formula is C27H26BrCl2N3O3. The van der Waals surface area contributed by atoms with E-state index in [0.717, 1.165) is 54.9 Å². The zero-order valence-electron chi connectivity index (χ0n) is 19.6. The summed E-state index contributed by atoms with van der Waals surface area (Å²) in [7, 11) is 0. The Kier molecular flexibility index (Phi) is 9.26. The van der Waals surface area contributed by atoms with Crippen LogP contribution >= 0.6 is 39.1 Å². The Balaban J connectivity index is 1.31. The van der Waals surface area contributed by atoms with Crippen molar-refractivity contribution in [1.82, 2.24) is 4.90 Å². The van der Waals surface area contributed by atoms with Crippen molar-refractivity contribution < 1.29 is 9.66 Å². The fraction of sp³-hybridized carbons (Fsp3) is 0.259. The first-order chi connectivity index (χ1) is 17.4. The number of anilines is 1. The average Bonchev–Trinajstić information content (AvgIpc) is 2.88. The molecule has 1 fully saturated rings. The number of benzene rings is 3. The lowest BCUT2D eigenvalue weighted by atomic mass is 10.1. The van der Waals surface area contributed by atoms with Crippen molar-refractivity contribution in [2.24, 2.45) is 0 Å². The molecule has 3 aromatic rings. The lowest BCUT2D eigenvalue weighted by Crippen LogP contribution is -2.46. The van der Waals surface area contributed by atoms with E-state index in [-0.39, 0.29) is 5.69 Å². The number of hydrogen-bond acceptors (Lipinski definition) is 5. The van der Waals surface area contributed by atoms with Crippen LogP contribution < -0.4 is 9.64 Å². The van der Waals surface area contributed by atoms with Gasteiger partial charge in [-0.15, -0.1) is 0 Å². The zero-order chi connectivity index (χ0) is 25.5. The van der Waals surface area contributed by atoms with E-state index in [1.807, 2.05) is 48.6 Å². The van der Waals surface area contributed by atoms with Crippen molar-refractivity contribution in [2.45, 2.75) is 6.42 Å². The topological polar surface area (TPSA) is 58.9 Å². The van der Waals surface area contributed by atoms with Gasteiger partial charge < -0.3 is 9.64 Å². The van der Waals surface area contributed by atoms with Crippen LogP contribution in [-0.4, -0.2) is 49.2 Å². The Morgan fingerprint density at radius 1 is 0.972 bits per heavy atom. The number of hydrogen-bond donors (Lipinski definition) is 0. The van der Waals surface area contributed by atoms with Gasteiger partial charge in [0.25, 0.3) is 5.69 Å². The summed E-state index contributed by atoms with van der Waals surface area (Å²) < 4.78 is 7.00. The SMILES string of the molecule is O=[N+]([O-])c1ccc(OCCCN2CCN(c3cccc(Cl)c3Cl)CC2)c(C=Cc2ccccc2Br)c1. The van der Waals surface area contributed by atoms with Crippen LogP contribution in [0.5, 0.6) is 5.75 Å². The highest BCUT2D eigenvalue weighted by Gasteiger charge is 2.19. The van der Waals surface area contributed by atoms with Crippen LogP contribution in [0.1, 0.15) is 17.5 Å². The molecule has 6 nitrogen and oxygen atoms in total. The molecular weight excluding hydrogens is 565 g/mol. The normalized spacial score (nSPS) is 14.4. The van der Waals surface area contributed by atoms with Crippen LogP contribution in [0.25, 0.3) is 12.2 Å². The summed E-state index contributed by atoms with van der Waals surface area (Å²) in [5.41, 5.74) is 2.67. The number of piperazine rings is 1. The molecule has 1 heterocycles. The molecule has 0 spiro atoms. The van der Waals surface area contributed by atoms with Crippen LogP contribution in [0.4, 0.5) is 11.4 Å². The highest BCUT2D eigenvalue weighted by molar-refractivity contribution is 9.10. The van der Waals surface area contributed by atoms with Crippen LogP contribution in [0.15, 0.2) is 65.1 Å². The Labute approximate surface area is 229 Å². The van der Waals surface area contributed by atoms with Crippen molar-refractivity contribution >= 4 is 62.7 Å². The van der Waals surface area contributed by atoms with E-state index in [9.17, 15) is 10.1 Å². The third-order valence-corrected chi connectivity index (χ3v) is 7.60. The Morgan fingerprint density at radius 2 is 1.72 bits per heavy atom.